The minimum atomic E-state index is -1.97. The molecule has 0 aliphatic carbocycles. The van der Waals surface area contributed by atoms with E-state index in [0.717, 1.165) is 12.5 Å². The molecule has 0 atom stereocenters. The summed E-state index contributed by atoms with van der Waals surface area (Å²) in [5.41, 5.74) is 10.5. The van der Waals surface area contributed by atoms with Gasteiger partial charge in [0.2, 0.25) is 0 Å². The molecular weight excluding hydrogens is 250 g/mol. The van der Waals surface area contributed by atoms with Gasteiger partial charge in [0.25, 0.3) is 0 Å². The van der Waals surface area contributed by atoms with Gasteiger partial charge in [0.15, 0.2) is 5.96 Å². The molecule has 0 radical (unpaired) electrons. The standard InChI is InChI=1S/C9H23N3O2Si.C2H6O/c1-4-13-15(3,14-5-2)8-6-7-12-9(10)11;1-2-3/h4-8H2,1-3H3,(H4,10,11,12);3H,2H2,1H3. The molecule has 7 heteroatoms. The van der Waals surface area contributed by atoms with E-state index in [-0.39, 0.29) is 12.6 Å². The topological polar surface area (TPSA) is 103 Å². The van der Waals surface area contributed by atoms with Crippen molar-refractivity contribution < 1.29 is 14.0 Å². The fourth-order valence-electron chi connectivity index (χ4n) is 1.40. The molecule has 0 aliphatic rings. The largest absolute Gasteiger partial charge is 0.397 e. The van der Waals surface area contributed by atoms with Gasteiger partial charge in [-0.05, 0) is 39.8 Å². The zero-order valence-corrected chi connectivity index (χ0v) is 13.1. The number of aliphatic imine (C=N–C) groups is 1. The fraction of sp³-hybridized carbons (Fsp3) is 0.909. The number of aliphatic hydroxyl groups excluding tert-OH is 1. The predicted molar refractivity (Wildman–Crippen MR) is 77.7 cm³/mol. The molecule has 0 aliphatic heterocycles. The maximum Gasteiger partial charge on any atom is 0.334 e. The van der Waals surface area contributed by atoms with Gasteiger partial charge < -0.3 is 25.4 Å². The van der Waals surface area contributed by atoms with E-state index in [1.807, 2.05) is 13.8 Å². The van der Waals surface area contributed by atoms with E-state index in [1.54, 1.807) is 6.92 Å². The Bertz CT molecular complexity index is 206. The van der Waals surface area contributed by atoms with Gasteiger partial charge in [0.05, 0.1) is 0 Å². The molecule has 0 aromatic heterocycles. The molecule has 6 nitrogen and oxygen atoms in total. The van der Waals surface area contributed by atoms with Gasteiger partial charge in [-0.2, -0.15) is 0 Å². The van der Waals surface area contributed by atoms with Crippen LogP contribution in [0.5, 0.6) is 0 Å². The van der Waals surface area contributed by atoms with Gasteiger partial charge in [-0.15, -0.1) is 0 Å². The highest BCUT2D eigenvalue weighted by atomic mass is 28.4. The summed E-state index contributed by atoms with van der Waals surface area (Å²) in [7, 11) is -1.97. The first kappa shape index (κ1) is 19.7. The second-order valence-corrected chi connectivity index (χ2v) is 7.07. The van der Waals surface area contributed by atoms with Crippen LogP contribution in [0.3, 0.4) is 0 Å². The lowest BCUT2D eigenvalue weighted by Gasteiger charge is -2.25. The van der Waals surface area contributed by atoms with Crippen molar-refractivity contribution in [1.82, 2.24) is 0 Å². The number of nitrogens with two attached hydrogens (primary N) is 2. The van der Waals surface area contributed by atoms with E-state index >= 15 is 0 Å². The van der Waals surface area contributed by atoms with Crippen molar-refractivity contribution in [2.45, 2.75) is 39.8 Å². The van der Waals surface area contributed by atoms with Crippen molar-refractivity contribution in [2.75, 3.05) is 26.4 Å². The summed E-state index contributed by atoms with van der Waals surface area (Å²) in [5, 5.41) is 7.57. The predicted octanol–water partition coefficient (Wildman–Crippen LogP) is 0.794. The number of guanidine groups is 1. The molecule has 110 valence electrons. The molecule has 0 aromatic rings. The van der Waals surface area contributed by atoms with E-state index in [0.29, 0.717) is 19.8 Å². The van der Waals surface area contributed by atoms with Crippen LogP contribution in [0.25, 0.3) is 0 Å². The van der Waals surface area contributed by atoms with Crippen LogP contribution in [0.2, 0.25) is 12.6 Å². The summed E-state index contributed by atoms with van der Waals surface area (Å²) in [5.74, 6) is 0.145. The SMILES string of the molecule is CCO.CCO[Si](C)(CCCN=C(N)N)OCC. The van der Waals surface area contributed by atoms with E-state index in [9.17, 15) is 0 Å². The third-order valence-electron chi connectivity index (χ3n) is 1.98. The third kappa shape index (κ3) is 13.4. The highest BCUT2D eigenvalue weighted by Gasteiger charge is 2.29. The highest BCUT2D eigenvalue weighted by Crippen LogP contribution is 2.15. The Balaban J connectivity index is 0. The second-order valence-electron chi connectivity index (χ2n) is 3.73. The first-order chi connectivity index (χ1) is 8.45. The minimum Gasteiger partial charge on any atom is -0.397 e. The molecule has 18 heavy (non-hydrogen) atoms. The lowest BCUT2D eigenvalue weighted by molar-refractivity contribution is 0.188. The lowest BCUT2D eigenvalue weighted by Crippen LogP contribution is -2.38. The van der Waals surface area contributed by atoms with E-state index in [1.165, 1.54) is 0 Å². The summed E-state index contributed by atoms with van der Waals surface area (Å²) >= 11 is 0. The Morgan fingerprint density at radius 2 is 1.61 bits per heavy atom. The molecule has 0 aromatic carbocycles. The first-order valence-electron chi connectivity index (χ1n) is 6.39. The Labute approximate surface area is 112 Å². The molecule has 0 saturated heterocycles. The van der Waals surface area contributed by atoms with Crippen LogP contribution in [0.4, 0.5) is 0 Å². The van der Waals surface area contributed by atoms with Gasteiger partial charge in [-0.3, -0.25) is 4.99 Å². The van der Waals surface area contributed by atoms with Crippen molar-refractivity contribution in [3.63, 3.8) is 0 Å². The Kier molecular flexibility index (Phi) is 14.0. The van der Waals surface area contributed by atoms with Crippen LogP contribution < -0.4 is 11.5 Å². The molecule has 0 unspecified atom stereocenters. The van der Waals surface area contributed by atoms with Crippen LogP contribution >= 0.6 is 0 Å². The molecule has 0 spiro atoms. The smallest absolute Gasteiger partial charge is 0.334 e. The Morgan fingerprint density at radius 3 is 1.94 bits per heavy atom. The van der Waals surface area contributed by atoms with E-state index in [4.69, 9.17) is 25.4 Å². The molecule has 0 bridgehead atoms. The van der Waals surface area contributed by atoms with Crippen LogP contribution in [0.1, 0.15) is 27.2 Å². The highest BCUT2D eigenvalue weighted by molar-refractivity contribution is 6.66. The molecule has 0 saturated carbocycles. The molecule has 0 rings (SSSR count). The van der Waals surface area contributed by atoms with Crippen molar-refractivity contribution in [1.29, 1.82) is 0 Å². The molecule has 0 heterocycles. The molecule has 5 N–H and O–H groups in total. The van der Waals surface area contributed by atoms with Crippen molar-refractivity contribution in [3.05, 3.63) is 0 Å². The summed E-state index contributed by atoms with van der Waals surface area (Å²) in [6, 6.07) is 0.922. The van der Waals surface area contributed by atoms with Crippen LogP contribution in [-0.2, 0) is 8.85 Å². The van der Waals surface area contributed by atoms with Crippen LogP contribution in [0.15, 0.2) is 4.99 Å². The molecular formula is C11H29N3O3Si. The van der Waals surface area contributed by atoms with Crippen molar-refractivity contribution in [2.24, 2.45) is 16.5 Å². The van der Waals surface area contributed by atoms with E-state index in [2.05, 4.69) is 11.5 Å². The molecule has 0 amide bonds. The van der Waals surface area contributed by atoms with Gasteiger partial charge in [-0.1, -0.05) is 0 Å². The van der Waals surface area contributed by atoms with E-state index < -0.39 is 8.56 Å². The summed E-state index contributed by atoms with van der Waals surface area (Å²) in [4.78, 5) is 3.93. The number of hydrogen-bond acceptors (Lipinski definition) is 4. The zero-order chi connectivity index (χ0) is 14.4. The zero-order valence-electron chi connectivity index (χ0n) is 12.1. The quantitative estimate of drug-likeness (QED) is 0.264. The second kappa shape index (κ2) is 12.8. The number of rotatable bonds is 8. The minimum absolute atomic E-state index is 0.145. The van der Waals surface area contributed by atoms with Crippen LogP contribution in [-0.4, -0.2) is 46.0 Å². The van der Waals surface area contributed by atoms with Gasteiger partial charge in [0, 0.05) is 26.4 Å². The summed E-state index contributed by atoms with van der Waals surface area (Å²) < 4.78 is 11.4. The Morgan fingerprint density at radius 1 is 1.17 bits per heavy atom. The number of nitrogens with zero attached hydrogens (tertiary/aromatic N) is 1. The molecule has 0 fully saturated rings. The fourth-order valence-corrected chi connectivity index (χ4v) is 3.80. The van der Waals surface area contributed by atoms with Gasteiger partial charge in [0.1, 0.15) is 0 Å². The maximum absolute atomic E-state index is 7.57. The summed E-state index contributed by atoms with van der Waals surface area (Å²) in [6.45, 7) is 10.0. The normalized spacial score (nSPS) is 10.5. The van der Waals surface area contributed by atoms with Gasteiger partial charge in [-0.25, -0.2) is 0 Å². The lowest BCUT2D eigenvalue weighted by atomic mass is 10.5. The monoisotopic (exact) mass is 279 g/mol. The average molecular weight is 279 g/mol. The number of aliphatic hydroxyl groups is 1. The van der Waals surface area contributed by atoms with Gasteiger partial charge >= 0.3 is 8.56 Å². The number of hydrogen-bond donors (Lipinski definition) is 3. The first-order valence-corrected chi connectivity index (χ1v) is 8.92. The summed E-state index contributed by atoms with van der Waals surface area (Å²) in [6.07, 6.45) is 0.903. The van der Waals surface area contributed by atoms with Crippen molar-refractivity contribution in [3.8, 4) is 0 Å². The van der Waals surface area contributed by atoms with Crippen LogP contribution in [0, 0.1) is 0 Å². The third-order valence-corrected chi connectivity index (χ3v) is 5.04. The average Bonchev–Trinajstić information content (AvgIpc) is 2.26. The van der Waals surface area contributed by atoms with Crippen molar-refractivity contribution >= 4 is 14.5 Å². The Hall–Kier alpha value is -0.633. The maximum atomic E-state index is 7.57.